The fraction of sp³-hybridized carbons (Fsp3) is 0.214. The van der Waals surface area contributed by atoms with Crippen molar-refractivity contribution >= 4 is 5.82 Å². The molecular formula is C14H15F2N3. The van der Waals surface area contributed by atoms with Crippen molar-refractivity contribution in [3.63, 3.8) is 0 Å². The fourth-order valence-electron chi connectivity index (χ4n) is 2.03. The number of pyridine rings is 1. The maximum atomic E-state index is 13.1. The van der Waals surface area contributed by atoms with Crippen molar-refractivity contribution in [3.8, 4) is 0 Å². The topological polar surface area (TPSA) is 64.9 Å². The van der Waals surface area contributed by atoms with E-state index in [9.17, 15) is 8.78 Å². The Morgan fingerprint density at radius 1 is 1.00 bits per heavy atom. The van der Waals surface area contributed by atoms with E-state index in [1.807, 2.05) is 6.07 Å². The number of nitrogens with zero attached hydrogens (tertiary/aromatic N) is 1. The lowest BCUT2D eigenvalue weighted by molar-refractivity contribution is 0.574. The van der Waals surface area contributed by atoms with Crippen molar-refractivity contribution in [1.29, 1.82) is 0 Å². The third-order valence-corrected chi connectivity index (χ3v) is 2.76. The van der Waals surface area contributed by atoms with Crippen LogP contribution in [-0.4, -0.2) is 11.0 Å². The van der Waals surface area contributed by atoms with E-state index in [0.29, 0.717) is 24.2 Å². The Morgan fingerprint density at radius 2 is 1.63 bits per heavy atom. The maximum absolute atomic E-state index is 13.1. The lowest BCUT2D eigenvalue weighted by Gasteiger charge is -2.12. The summed E-state index contributed by atoms with van der Waals surface area (Å²) in [5.74, 6) is -0.743. The molecule has 0 bridgehead atoms. The smallest absolute Gasteiger partial charge is 0.126 e. The number of rotatable bonds is 4. The zero-order valence-corrected chi connectivity index (χ0v) is 10.3. The monoisotopic (exact) mass is 263 g/mol. The number of benzene rings is 1. The third-order valence-electron chi connectivity index (χ3n) is 2.76. The fourth-order valence-corrected chi connectivity index (χ4v) is 2.03. The average molecular weight is 263 g/mol. The molecule has 2 rings (SSSR count). The van der Waals surface area contributed by atoms with E-state index in [1.165, 1.54) is 12.1 Å². The van der Waals surface area contributed by atoms with Crippen molar-refractivity contribution in [1.82, 2.24) is 4.98 Å². The summed E-state index contributed by atoms with van der Waals surface area (Å²) in [6, 6.07) is 6.77. The molecule has 1 aromatic heterocycles. The second-order valence-corrected chi connectivity index (χ2v) is 4.53. The SMILES string of the molecule is Nc1cc(CC(N)Cc2cc(F)cc(F)c2)ccn1. The Morgan fingerprint density at radius 3 is 2.26 bits per heavy atom. The molecule has 1 heterocycles. The molecule has 1 aromatic carbocycles. The number of hydrogen-bond donors (Lipinski definition) is 2. The van der Waals surface area contributed by atoms with Crippen LogP contribution in [0, 0.1) is 11.6 Å². The van der Waals surface area contributed by atoms with Crippen LogP contribution in [-0.2, 0) is 12.8 Å². The van der Waals surface area contributed by atoms with Gasteiger partial charge in [-0.15, -0.1) is 0 Å². The molecule has 0 amide bonds. The van der Waals surface area contributed by atoms with Gasteiger partial charge in [0, 0.05) is 18.3 Å². The molecule has 0 saturated heterocycles. The van der Waals surface area contributed by atoms with Crippen LogP contribution in [0.2, 0.25) is 0 Å². The zero-order chi connectivity index (χ0) is 13.8. The molecule has 2 aromatic rings. The van der Waals surface area contributed by atoms with Crippen molar-refractivity contribution in [3.05, 3.63) is 59.3 Å². The largest absolute Gasteiger partial charge is 0.384 e. The van der Waals surface area contributed by atoms with Gasteiger partial charge in [-0.25, -0.2) is 13.8 Å². The van der Waals surface area contributed by atoms with Crippen LogP contribution in [0.25, 0.3) is 0 Å². The standard InChI is InChI=1S/C14H15F2N3/c15-11-3-10(4-12(16)8-11)6-13(17)5-9-1-2-19-14(18)7-9/h1-4,7-8,13H,5-6,17H2,(H2,18,19). The number of anilines is 1. The first-order chi connectivity index (χ1) is 9.02. The summed E-state index contributed by atoms with van der Waals surface area (Å²) in [7, 11) is 0. The summed E-state index contributed by atoms with van der Waals surface area (Å²) in [4.78, 5) is 3.89. The van der Waals surface area contributed by atoms with Gasteiger partial charge in [0.25, 0.3) is 0 Å². The zero-order valence-electron chi connectivity index (χ0n) is 10.3. The highest BCUT2D eigenvalue weighted by molar-refractivity contribution is 5.32. The summed E-state index contributed by atoms with van der Waals surface area (Å²) in [6.07, 6.45) is 2.58. The molecular weight excluding hydrogens is 248 g/mol. The predicted molar refractivity (Wildman–Crippen MR) is 70.4 cm³/mol. The molecule has 0 aliphatic heterocycles. The van der Waals surface area contributed by atoms with E-state index < -0.39 is 11.6 Å². The van der Waals surface area contributed by atoms with Crippen LogP contribution in [0.15, 0.2) is 36.5 Å². The normalized spacial score (nSPS) is 12.4. The molecule has 1 unspecified atom stereocenters. The summed E-state index contributed by atoms with van der Waals surface area (Å²) in [6.45, 7) is 0. The van der Waals surface area contributed by atoms with Crippen molar-refractivity contribution in [2.45, 2.75) is 18.9 Å². The first-order valence-corrected chi connectivity index (χ1v) is 5.94. The highest BCUT2D eigenvalue weighted by Gasteiger charge is 2.08. The first kappa shape index (κ1) is 13.4. The second kappa shape index (κ2) is 5.75. The molecule has 19 heavy (non-hydrogen) atoms. The third kappa shape index (κ3) is 3.99. The van der Waals surface area contributed by atoms with Crippen LogP contribution in [0.3, 0.4) is 0 Å². The second-order valence-electron chi connectivity index (χ2n) is 4.53. The molecule has 0 spiro atoms. The summed E-state index contributed by atoms with van der Waals surface area (Å²) in [5.41, 5.74) is 13.1. The summed E-state index contributed by atoms with van der Waals surface area (Å²) < 4.78 is 26.1. The lowest BCUT2D eigenvalue weighted by atomic mass is 10.00. The predicted octanol–water partition coefficient (Wildman–Crippen LogP) is 2.05. The highest BCUT2D eigenvalue weighted by Crippen LogP contribution is 2.12. The van der Waals surface area contributed by atoms with Gasteiger partial charge >= 0.3 is 0 Å². The molecule has 0 fully saturated rings. The Kier molecular flexibility index (Phi) is 4.06. The first-order valence-electron chi connectivity index (χ1n) is 5.94. The Hall–Kier alpha value is -2.01. The van der Waals surface area contributed by atoms with Gasteiger partial charge in [-0.3, -0.25) is 0 Å². The van der Waals surface area contributed by atoms with Crippen molar-refractivity contribution in [2.24, 2.45) is 5.73 Å². The van der Waals surface area contributed by atoms with Crippen LogP contribution in [0.5, 0.6) is 0 Å². The van der Waals surface area contributed by atoms with Gasteiger partial charge < -0.3 is 11.5 Å². The van der Waals surface area contributed by atoms with Crippen molar-refractivity contribution in [2.75, 3.05) is 5.73 Å². The molecule has 0 aliphatic rings. The van der Waals surface area contributed by atoms with Gasteiger partial charge in [0.2, 0.25) is 0 Å². The van der Waals surface area contributed by atoms with E-state index in [0.717, 1.165) is 11.6 Å². The van der Waals surface area contributed by atoms with Gasteiger partial charge in [0.15, 0.2) is 0 Å². The summed E-state index contributed by atoms with van der Waals surface area (Å²) in [5, 5.41) is 0. The van der Waals surface area contributed by atoms with Gasteiger partial charge in [0.05, 0.1) is 0 Å². The number of aromatic nitrogens is 1. The Labute approximate surface area is 110 Å². The minimum Gasteiger partial charge on any atom is -0.384 e. The van der Waals surface area contributed by atoms with Gasteiger partial charge in [-0.1, -0.05) is 0 Å². The van der Waals surface area contributed by atoms with Crippen molar-refractivity contribution < 1.29 is 8.78 Å². The number of hydrogen-bond acceptors (Lipinski definition) is 3. The van der Waals surface area contributed by atoms with Gasteiger partial charge in [0.1, 0.15) is 17.5 Å². The molecule has 0 aliphatic carbocycles. The Balaban J connectivity index is 2.03. The van der Waals surface area contributed by atoms with Crippen LogP contribution >= 0.6 is 0 Å². The minimum atomic E-state index is -0.588. The molecule has 100 valence electrons. The number of nitrogen functional groups attached to an aromatic ring is 1. The van der Waals surface area contributed by atoms with E-state index in [2.05, 4.69) is 4.98 Å². The highest BCUT2D eigenvalue weighted by atomic mass is 19.1. The van der Waals surface area contributed by atoms with E-state index >= 15 is 0 Å². The molecule has 5 heteroatoms. The maximum Gasteiger partial charge on any atom is 0.126 e. The van der Waals surface area contributed by atoms with Gasteiger partial charge in [-0.05, 0) is 48.2 Å². The van der Waals surface area contributed by atoms with E-state index in [-0.39, 0.29) is 6.04 Å². The minimum absolute atomic E-state index is 0.233. The molecule has 1 atom stereocenters. The number of nitrogens with two attached hydrogens (primary N) is 2. The summed E-state index contributed by atoms with van der Waals surface area (Å²) >= 11 is 0. The number of halogens is 2. The molecule has 3 nitrogen and oxygen atoms in total. The van der Waals surface area contributed by atoms with E-state index in [4.69, 9.17) is 11.5 Å². The molecule has 4 N–H and O–H groups in total. The molecule has 0 saturated carbocycles. The van der Waals surface area contributed by atoms with Crippen LogP contribution in [0.4, 0.5) is 14.6 Å². The quantitative estimate of drug-likeness (QED) is 0.887. The Bertz CT molecular complexity index is 552. The van der Waals surface area contributed by atoms with Crippen LogP contribution in [0.1, 0.15) is 11.1 Å². The molecule has 0 radical (unpaired) electrons. The lowest BCUT2D eigenvalue weighted by Crippen LogP contribution is -2.25. The van der Waals surface area contributed by atoms with Gasteiger partial charge in [-0.2, -0.15) is 0 Å². The van der Waals surface area contributed by atoms with E-state index in [1.54, 1.807) is 12.3 Å². The average Bonchev–Trinajstić information content (AvgIpc) is 2.26. The van der Waals surface area contributed by atoms with Crippen LogP contribution < -0.4 is 11.5 Å².